The molecule has 0 heterocycles. The fourth-order valence-electron chi connectivity index (χ4n) is 0.427. The van der Waals surface area contributed by atoms with Crippen LogP contribution in [0.15, 0.2) is 0 Å². The molecule has 0 aromatic heterocycles. The van der Waals surface area contributed by atoms with E-state index in [2.05, 4.69) is 41.5 Å². The van der Waals surface area contributed by atoms with Crippen LogP contribution in [0, 0.1) is 19.3 Å². The third kappa shape index (κ3) is 72.4. The summed E-state index contributed by atoms with van der Waals surface area (Å²) in [5, 5.41) is 0. The van der Waals surface area contributed by atoms with E-state index in [1.807, 2.05) is 0 Å². The fourth-order valence-corrected chi connectivity index (χ4v) is 0.427. The van der Waals surface area contributed by atoms with Crippen LogP contribution in [0.3, 0.4) is 0 Å². The molecule has 0 aliphatic carbocycles. The largest absolute Gasteiger partial charge is 2.00 e. The molecule has 0 N–H and O–H groups in total. The standard InChI is InChI=1S/C6H13.C5H11.Mg/c1-3-5-6-4-2;1-5(2,3)4;/h1,3-6H2,2H3;1H2,2-4H3;/q2*-1;+2. The molecular weight excluding hydrogens is 156 g/mol. The van der Waals surface area contributed by atoms with Gasteiger partial charge in [0.05, 0.1) is 0 Å². The molecule has 0 aromatic rings. The van der Waals surface area contributed by atoms with E-state index in [9.17, 15) is 0 Å². The van der Waals surface area contributed by atoms with Crippen LogP contribution in [0.25, 0.3) is 0 Å². The van der Waals surface area contributed by atoms with Crippen LogP contribution in [0.2, 0.25) is 0 Å². The third-order valence-corrected chi connectivity index (χ3v) is 0.854. The molecule has 0 spiro atoms. The van der Waals surface area contributed by atoms with E-state index >= 15 is 0 Å². The maximum absolute atomic E-state index is 3.77. The minimum Gasteiger partial charge on any atom is -0.343 e. The van der Waals surface area contributed by atoms with Crippen molar-refractivity contribution >= 4 is 23.1 Å². The number of hydrogen-bond donors (Lipinski definition) is 0. The van der Waals surface area contributed by atoms with Gasteiger partial charge in [0, 0.05) is 0 Å². The zero-order chi connectivity index (χ0) is 9.33. The van der Waals surface area contributed by atoms with E-state index in [1.54, 1.807) is 0 Å². The molecule has 1 heteroatoms. The number of rotatable bonds is 3. The Bertz CT molecular complexity index is 51.9. The second kappa shape index (κ2) is 11.8. The molecule has 0 rings (SSSR count). The van der Waals surface area contributed by atoms with Gasteiger partial charge in [-0.2, -0.15) is 11.8 Å². The van der Waals surface area contributed by atoms with Gasteiger partial charge in [0.25, 0.3) is 0 Å². The van der Waals surface area contributed by atoms with Gasteiger partial charge in [-0.05, 0) is 0 Å². The third-order valence-electron chi connectivity index (χ3n) is 0.854. The van der Waals surface area contributed by atoms with Gasteiger partial charge in [-0.25, -0.2) is 0 Å². The van der Waals surface area contributed by atoms with Gasteiger partial charge in [0.1, 0.15) is 0 Å². The first kappa shape index (κ1) is 18.5. The van der Waals surface area contributed by atoms with Gasteiger partial charge in [-0.3, -0.25) is 0 Å². The van der Waals surface area contributed by atoms with Crippen LogP contribution < -0.4 is 0 Å². The van der Waals surface area contributed by atoms with Crippen molar-refractivity contribution in [3.8, 4) is 0 Å². The fraction of sp³-hybridized carbons (Fsp3) is 0.818. The van der Waals surface area contributed by atoms with E-state index in [0.29, 0.717) is 0 Å². The van der Waals surface area contributed by atoms with Crippen molar-refractivity contribution in [2.75, 3.05) is 0 Å². The second-order valence-electron chi connectivity index (χ2n) is 4.12. The predicted molar refractivity (Wildman–Crippen MR) is 60.1 cm³/mol. The summed E-state index contributed by atoms with van der Waals surface area (Å²) in [6, 6.07) is 0. The first-order valence-corrected chi connectivity index (χ1v) is 4.56. The molecule has 0 nitrogen and oxygen atoms in total. The van der Waals surface area contributed by atoms with Gasteiger partial charge in [-0.15, -0.1) is 0 Å². The zero-order valence-electron chi connectivity index (χ0n) is 9.45. The molecular formula is C11H24Mg. The maximum Gasteiger partial charge on any atom is 2.00 e. The van der Waals surface area contributed by atoms with E-state index < -0.39 is 0 Å². The molecule has 0 saturated heterocycles. The minimum absolute atomic E-state index is 0. The van der Waals surface area contributed by atoms with Gasteiger partial charge in [0.15, 0.2) is 0 Å². The van der Waals surface area contributed by atoms with Gasteiger partial charge in [-0.1, -0.05) is 47.0 Å². The smallest absolute Gasteiger partial charge is 0.343 e. The molecule has 0 aliphatic rings. The number of unbranched alkanes of at least 4 members (excludes halogenated alkanes) is 3. The molecule has 0 aromatic carbocycles. The summed E-state index contributed by atoms with van der Waals surface area (Å²) >= 11 is 0. The average molecular weight is 181 g/mol. The quantitative estimate of drug-likeness (QED) is 0.351. The van der Waals surface area contributed by atoms with E-state index in [1.165, 1.54) is 19.3 Å². The van der Waals surface area contributed by atoms with Crippen LogP contribution in [0.1, 0.15) is 53.4 Å². The van der Waals surface area contributed by atoms with Crippen LogP contribution in [-0.2, 0) is 0 Å². The summed E-state index contributed by atoms with van der Waals surface area (Å²) < 4.78 is 0. The zero-order valence-corrected chi connectivity index (χ0v) is 10.9. The molecule has 0 bridgehead atoms. The van der Waals surface area contributed by atoms with Crippen LogP contribution in [0.4, 0.5) is 0 Å². The first-order valence-electron chi connectivity index (χ1n) is 4.56. The Labute approximate surface area is 95.7 Å². The molecule has 0 unspecified atom stereocenters. The van der Waals surface area contributed by atoms with Crippen molar-refractivity contribution in [1.29, 1.82) is 0 Å². The molecule has 0 amide bonds. The molecule has 70 valence electrons. The monoisotopic (exact) mass is 180 g/mol. The topological polar surface area (TPSA) is 0 Å². The minimum atomic E-state index is 0. The normalized spacial score (nSPS) is 9.50. The molecule has 0 fully saturated rings. The predicted octanol–water partition coefficient (Wildman–Crippen LogP) is 3.89. The molecule has 0 aliphatic heterocycles. The molecule has 12 heavy (non-hydrogen) atoms. The summed E-state index contributed by atoms with van der Waals surface area (Å²) in [6.45, 7) is 15.9. The van der Waals surface area contributed by atoms with E-state index in [4.69, 9.17) is 0 Å². The van der Waals surface area contributed by atoms with Crippen molar-refractivity contribution < 1.29 is 0 Å². The van der Waals surface area contributed by atoms with Crippen LogP contribution >= 0.6 is 0 Å². The van der Waals surface area contributed by atoms with E-state index in [-0.39, 0.29) is 28.5 Å². The van der Waals surface area contributed by atoms with Gasteiger partial charge in [0.2, 0.25) is 0 Å². The molecule has 0 radical (unpaired) electrons. The van der Waals surface area contributed by atoms with Crippen LogP contribution in [0.5, 0.6) is 0 Å². The second-order valence-corrected chi connectivity index (χ2v) is 4.12. The molecule has 0 atom stereocenters. The Morgan fingerprint density at radius 2 is 1.42 bits per heavy atom. The van der Waals surface area contributed by atoms with Crippen LogP contribution in [-0.4, -0.2) is 23.1 Å². The number of hydrogen-bond acceptors (Lipinski definition) is 0. The SMILES string of the molecule is [CH2-]C(C)(C)C.[CH2-]CCCCC.[Mg+2]. The Kier molecular flexibility index (Phi) is 18.2. The van der Waals surface area contributed by atoms with Crippen molar-refractivity contribution in [3.63, 3.8) is 0 Å². The van der Waals surface area contributed by atoms with Crippen molar-refractivity contribution in [3.05, 3.63) is 13.8 Å². The van der Waals surface area contributed by atoms with Crippen molar-refractivity contribution in [2.45, 2.75) is 53.4 Å². The summed E-state index contributed by atoms with van der Waals surface area (Å²) in [7, 11) is 0. The van der Waals surface area contributed by atoms with Gasteiger partial charge < -0.3 is 13.8 Å². The Balaban J connectivity index is -0.000000126. The summed E-state index contributed by atoms with van der Waals surface area (Å²) in [5.74, 6) is 0. The summed E-state index contributed by atoms with van der Waals surface area (Å²) in [5.41, 5.74) is 0.250. The summed E-state index contributed by atoms with van der Waals surface area (Å²) in [4.78, 5) is 0. The van der Waals surface area contributed by atoms with E-state index in [0.717, 1.165) is 6.42 Å². The van der Waals surface area contributed by atoms with Crippen molar-refractivity contribution in [1.82, 2.24) is 0 Å². The Hall–Kier alpha value is 0.766. The first-order chi connectivity index (χ1) is 4.91. The molecule has 0 saturated carbocycles. The van der Waals surface area contributed by atoms with Crippen molar-refractivity contribution in [2.24, 2.45) is 5.41 Å². The Morgan fingerprint density at radius 3 is 1.50 bits per heavy atom. The average Bonchev–Trinajstić information content (AvgIpc) is 1.79. The maximum atomic E-state index is 3.77. The van der Waals surface area contributed by atoms with Gasteiger partial charge >= 0.3 is 23.1 Å². The Morgan fingerprint density at radius 1 is 1.08 bits per heavy atom. The summed E-state index contributed by atoms with van der Waals surface area (Å²) in [6.07, 6.45) is 5.07.